The molecule has 0 radical (unpaired) electrons. The molecule has 1 atom stereocenters. The fraction of sp³-hybridized carbons (Fsp3) is 0.750. The summed E-state index contributed by atoms with van der Waals surface area (Å²) in [7, 11) is 0. The molecule has 25 heavy (non-hydrogen) atoms. The molecule has 0 saturated heterocycles. The first-order chi connectivity index (χ1) is 11.2. The van der Waals surface area contributed by atoms with Gasteiger partial charge in [0.25, 0.3) is 0 Å². The Morgan fingerprint density at radius 1 is 1.32 bits per heavy atom. The van der Waals surface area contributed by atoms with Crippen molar-refractivity contribution >= 4 is 30.7 Å². The predicted octanol–water partition coefficient (Wildman–Crippen LogP) is 0.811. The van der Waals surface area contributed by atoms with Gasteiger partial charge in [-0.25, -0.2) is 0 Å². The summed E-state index contributed by atoms with van der Waals surface area (Å²) in [6.07, 6.45) is 6.71. The molecule has 1 aliphatic carbocycles. The number of aromatic nitrogens is 2. The Hall–Kier alpha value is -0.860. The first-order valence-corrected chi connectivity index (χ1v) is 8.61. The number of fused-ring (bicyclic) bond motifs is 1. The van der Waals surface area contributed by atoms with E-state index in [2.05, 4.69) is 21.4 Å². The molecule has 1 aromatic heterocycles. The van der Waals surface area contributed by atoms with Gasteiger partial charge >= 0.3 is 0 Å². The Morgan fingerprint density at radius 2 is 2.04 bits per heavy atom. The van der Waals surface area contributed by atoms with Crippen LogP contribution in [-0.2, 0) is 24.4 Å². The van der Waals surface area contributed by atoms with Gasteiger partial charge in [0.1, 0.15) is 6.04 Å². The van der Waals surface area contributed by atoms with Gasteiger partial charge < -0.3 is 16.2 Å². The van der Waals surface area contributed by atoms with Crippen molar-refractivity contribution in [2.45, 2.75) is 63.8 Å². The van der Waals surface area contributed by atoms with Gasteiger partial charge in [-0.15, -0.1) is 24.8 Å². The number of amides is 1. The van der Waals surface area contributed by atoms with Gasteiger partial charge in [-0.3, -0.25) is 14.4 Å². The summed E-state index contributed by atoms with van der Waals surface area (Å²) in [6.45, 7) is 2.93. The maximum absolute atomic E-state index is 11.6. The molecule has 7 nitrogen and oxygen atoms in total. The average molecular weight is 394 g/mol. The molecular formula is C16H29Cl2N5O2. The van der Waals surface area contributed by atoms with Crippen LogP contribution in [-0.4, -0.2) is 50.9 Å². The van der Waals surface area contributed by atoms with Crippen LogP contribution in [0.3, 0.4) is 0 Å². The van der Waals surface area contributed by atoms with E-state index >= 15 is 0 Å². The normalized spacial score (nSPS) is 19.3. The van der Waals surface area contributed by atoms with E-state index in [1.807, 2.05) is 4.68 Å². The van der Waals surface area contributed by atoms with Crippen LogP contribution in [0.4, 0.5) is 0 Å². The van der Waals surface area contributed by atoms with Crippen molar-refractivity contribution in [2.24, 2.45) is 5.73 Å². The Morgan fingerprint density at radius 3 is 2.72 bits per heavy atom. The third kappa shape index (κ3) is 5.56. The second-order valence-corrected chi connectivity index (χ2v) is 6.62. The third-order valence-electron chi connectivity index (χ3n) is 4.95. The molecule has 0 unspecified atom stereocenters. The van der Waals surface area contributed by atoms with E-state index < -0.39 is 6.04 Å². The summed E-state index contributed by atoms with van der Waals surface area (Å²) in [4.78, 5) is 14.2. The number of aliphatic hydroxyl groups excluding tert-OH is 1. The van der Waals surface area contributed by atoms with Crippen LogP contribution >= 0.6 is 24.8 Å². The van der Waals surface area contributed by atoms with E-state index in [9.17, 15) is 4.79 Å². The molecule has 3 rings (SSSR count). The van der Waals surface area contributed by atoms with Crippen LogP contribution in [0.25, 0.3) is 0 Å². The first-order valence-electron chi connectivity index (χ1n) is 8.61. The first kappa shape index (κ1) is 22.2. The Balaban J connectivity index is 0.00000156. The van der Waals surface area contributed by atoms with Crippen LogP contribution in [0, 0.1) is 0 Å². The zero-order chi connectivity index (χ0) is 16.2. The maximum atomic E-state index is 11.6. The van der Waals surface area contributed by atoms with Crippen LogP contribution < -0.4 is 11.1 Å². The lowest BCUT2D eigenvalue weighted by Crippen LogP contribution is -2.42. The Bertz CT molecular complexity index is 549. The highest BCUT2D eigenvalue weighted by molar-refractivity contribution is 5.85. The van der Waals surface area contributed by atoms with Crippen molar-refractivity contribution in [3.8, 4) is 0 Å². The number of nitrogens with zero attached hydrogens (tertiary/aromatic N) is 3. The van der Waals surface area contributed by atoms with Crippen LogP contribution in [0.15, 0.2) is 6.07 Å². The highest BCUT2D eigenvalue weighted by Gasteiger charge is 2.26. The molecule has 2 heterocycles. The molecule has 0 aromatic carbocycles. The molecule has 2 aliphatic rings. The molecule has 0 bridgehead atoms. The zero-order valence-corrected chi connectivity index (χ0v) is 16.0. The van der Waals surface area contributed by atoms with Gasteiger partial charge in [-0.2, -0.15) is 5.10 Å². The number of hydrogen-bond donors (Lipinski definition) is 3. The average Bonchev–Trinajstić information content (AvgIpc) is 3.01. The Kier molecular flexibility index (Phi) is 9.16. The third-order valence-corrected chi connectivity index (χ3v) is 4.95. The van der Waals surface area contributed by atoms with Gasteiger partial charge in [0.15, 0.2) is 0 Å². The van der Waals surface area contributed by atoms with Gasteiger partial charge in [0.2, 0.25) is 5.91 Å². The molecule has 1 aliphatic heterocycles. The molecule has 144 valence electrons. The van der Waals surface area contributed by atoms with Crippen molar-refractivity contribution in [3.05, 3.63) is 17.5 Å². The minimum Gasteiger partial charge on any atom is -0.394 e. The van der Waals surface area contributed by atoms with Gasteiger partial charge in [-0.05, 0) is 18.9 Å². The number of carbonyl (C=O) groups excluding carboxylic acids is 1. The van der Waals surface area contributed by atoms with Gasteiger partial charge in [0, 0.05) is 19.1 Å². The summed E-state index contributed by atoms with van der Waals surface area (Å²) in [6, 6.07) is 1.92. The molecule has 1 fully saturated rings. The lowest BCUT2D eigenvalue weighted by Gasteiger charge is -2.36. The largest absolute Gasteiger partial charge is 0.394 e. The fourth-order valence-corrected chi connectivity index (χ4v) is 3.58. The van der Waals surface area contributed by atoms with E-state index in [1.165, 1.54) is 37.8 Å². The topological polar surface area (TPSA) is 96.4 Å². The van der Waals surface area contributed by atoms with Gasteiger partial charge in [0.05, 0.1) is 31.1 Å². The molecule has 1 saturated carbocycles. The summed E-state index contributed by atoms with van der Waals surface area (Å²) in [5.41, 5.74) is 7.56. The van der Waals surface area contributed by atoms with E-state index in [0.29, 0.717) is 6.54 Å². The minimum atomic E-state index is -0.867. The lowest BCUT2D eigenvalue weighted by atomic mass is 9.94. The van der Waals surface area contributed by atoms with Crippen molar-refractivity contribution < 1.29 is 9.90 Å². The smallest absolute Gasteiger partial charge is 0.239 e. The van der Waals surface area contributed by atoms with E-state index in [-0.39, 0.29) is 37.3 Å². The van der Waals surface area contributed by atoms with Crippen LogP contribution in [0.1, 0.15) is 43.5 Å². The Labute approximate surface area is 161 Å². The number of nitrogens with one attached hydrogen (secondary N) is 1. The monoisotopic (exact) mass is 393 g/mol. The van der Waals surface area contributed by atoms with Gasteiger partial charge in [-0.1, -0.05) is 19.3 Å². The number of aliphatic hydroxyl groups is 1. The molecule has 4 N–H and O–H groups in total. The van der Waals surface area contributed by atoms with Crippen molar-refractivity contribution in [2.75, 3.05) is 13.2 Å². The van der Waals surface area contributed by atoms with Crippen molar-refractivity contribution in [1.29, 1.82) is 0 Å². The number of rotatable bonds is 5. The molecule has 9 heteroatoms. The summed E-state index contributed by atoms with van der Waals surface area (Å²) < 4.78 is 2.05. The van der Waals surface area contributed by atoms with Crippen LogP contribution in [0.2, 0.25) is 0 Å². The second kappa shape index (κ2) is 10.3. The van der Waals surface area contributed by atoms with E-state index in [4.69, 9.17) is 10.8 Å². The van der Waals surface area contributed by atoms with E-state index in [0.717, 1.165) is 31.4 Å². The summed E-state index contributed by atoms with van der Waals surface area (Å²) in [5, 5.41) is 16.2. The molecule has 1 aromatic rings. The predicted molar refractivity (Wildman–Crippen MR) is 101 cm³/mol. The van der Waals surface area contributed by atoms with E-state index in [1.54, 1.807) is 0 Å². The minimum absolute atomic E-state index is 0. The quantitative estimate of drug-likeness (QED) is 0.687. The zero-order valence-electron chi connectivity index (χ0n) is 14.4. The second-order valence-electron chi connectivity index (χ2n) is 6.62. The maximum Gasteiger partial charge on any atom is 0.239 e. The SMILES string of the molecule is Cl.Cl.N[C@@H](CO)C(=O)NCc1cc2n(n1)CCN(C1CCCCC1)C2. The van der Waals surface area contributed by atoms with Crippen molar-refractivity contribution in [3.63, 3.8) is 0 Å². The molecule has 0 spiro atoms. The highest BCUT2D eigenvalue weighted by Crippen LogP contribution is 2.26. The standard InChI is InChI=1S/C16H27N5O2.2ClH/c17-15(11-22)16(23)18-9-12-8-14-10-20(6-7-21(14)19-12)13-4-2-1-3-5-13;;/h8,13,15,22H,1-7,9-11,17H2,(H,18,23);2*1H/t15-;;/m0../s1. The number of halogens is 2. The summed E-state index contributed by atoms with van der Waals surface area (Å²) >= 11 is 0. The fourth-order valence-electron chi connectivity index (χ4n) is 3.58. The van der Waals surface area contributed by atoms with Crippen LogP contribution in [0.5, 0.6) is 0 Å². The number of hydrogen-bond acceptors (Lipinski definition) is 5. The number of nitrogens with two attached hydrogens (primary N) is 1. The molecular weight excluding hydrogens is 365 g/mol. The molecule has 1 amide bonds. The van der Waals surface area contributed by atoms with Crippen molar-refractivity contribution in [1.82, 2.24) is 20.0 Å². The number of carbonyl (C=O) groups is 1. The highest BCUT2D eigenvalue weighted by atomic mass is 35.5. The lowest BCUT2D eigenvalue weighted by molar-refractivity contribution is -0.123. The summed E-state index contributed by atoms with van der Waals surface area (Å²) in [5.74, 6) is -0.345.